The molecule has 16 heteroatoms. The first-order valence-electron chi connectivity index (χ1n) is 16.4. The van der Waals surface area contributed by atoms with Gasteiger partial charge in [0.1, 0.15) is 17.6 Å². The van der Waals surface area contributed by atoms with Crippen LogP contribution in [0.2, 0.25) is 0 Å². The average Bonchev–Trinajstić information content (AvgIpc) is 3.75. The van der Waals surface area contributed by atoms with Gasteiger partial charge in [-0.1, -0.05) is 18.9 Å². The number of anilines is 2. The van der Waals surface area contributed by atoms with Crippen molar-refractivity contribution in [3.05, 3.63) is 83.7 Å². The maximum Gasteiger partial charge on any atom is 0.487 e. The van der Waals surface area contributed by atoms with Gasteiger partial charge in [-0.3, -0.25) is 29.6 Å². The molecule has 4 amide bonds. The molecule has 0 spiro atoms. The summed E-state index contributed by atoms with van der Waals surface area (Å²) in [4.78, 5) is 57.2. The number of nitrogens with one attached hydrogen (secondary N) is 4. The number of amides is 4. The molecule has 2 aromatic heterocycles. The van der Waals surface area contributed by atoms with Crippen molar-refractivity contribution in [3.63, 3.8) is 0 Å². The van der Waals surface area contributed by atoms with E-state index in [0.29, 0.717) is 47.8 Å². The third-order valence-corrected chi connectivity index (χ3v) is 9.71. The first-order valence-corrected chi connectivity index (χ1v) is 17.7. The van der Waals surface area contributed by atoms with Crippen LogP contribution in [0, 0.1) is 0 Å². The molecule has 4 N–H and O–H groups in total. The molecule has 0 bridgehead atoms. The number of imide groups is 1. The number of fused-ring (bicyclic) bond motifs is 1. The minimum absolute atomic E-state index is 0.152. The van der Waals surface area contributed by atoms with E-state index in [1.165, 1.54) is 30.5 Å². The minimum Gasteiger partial charge on any atom is -0.420 e. The first kappa shape index (κ1) is 35.8. The van der Waals surface area contributed by atoms with Crippen LogP contribution in [0.4, 0.5) is 20.3 Å². The van der Waals surface area contributed by atoms with Crippen molar-refractivity contribution < 1.29 is 32.7 Å². The Hall–Kier alpha value is -5.02. The van der Waals surface area contributed by atoms with Crippen LogP contribution in [0.1, 0.15) is 64.8 Å². The van der Waals surface area contributed by atoms with Gasteiger partial charge in [-0.05, 0) is 79.1 Å². The highest BCUT2D eigenvalue weighted by Crippen LogP contribution is 2.35. The molecule has 2 aromatic carbocycles. The lowest BCUT2D eigenvalue weighted by molar-refractivity contribution is -0.136. The van der Waals surface area contributed by atoms with Crippen molar-refractivity contribution >= 4 is 58.5 Å². The molecule has 2 aliphatic rings. The summed E-state index contributed by atoms with van der Waals surface area (Å²) in [6.45, 7) is 1.02. The van der Waals surface area contributed by atoms with Crippen molar-refractivity contribution in [1.29, 1.82) is 0 Å². The van der Waals surface area contributed by atoms with Crippen molar-refractivity contribution in [2.24, 2.45) is 0 Å². The van der Waals surface area contributed by atoms with Gasteiger partial charge >= 0.3 is 5.57 Å². The first-order chi connectivity index (χ1) is 24.6. The number of nitrogens with zero attached hydrogens (tertiary/aromatic N) is 3. The summed E-state index contributed by atoms with van der Waals surface area (Å²) < 4.78 is 30.1. The predicted octanol–water partition coefficient (Wildman–Crippen LogP) is 6.42. The van der Waals surface area contributed by atoms with Crippen LogP contribution in [-0.4, -0.2) is 67.6 Å². The number of unbranched alkanes of at least 4 members (excludes halogenated alkanes) is 3. The van der Waals surface area contributed by atoms with Gasteiger partial charge in [0.15, 0.2) is 0 Å². The van der Waals surface area contributed by atoms with Crippen LogP contribution >= 0.6 is 23.4 Å². The summed E-state index contributed by atoms with van der Waals surface area (Å²) in [6, 6.07) is 13.9. The lowest BCUT2D eigenvalue weighted by Crippen LogP contribution is -2.52. The zero-order valence-electron chi connectivity index (χ0n) is 27.2. The van der Waals surface area contributed by atoms with E-state index < -0.39 is 23.4 Å². The van der Waals surface area contributed by atoms with Crippen LogP contribution in [0.15, 0.2) is 71.9 Å². The monoisotopic (exact) mass is 737 g/mol. The summed E-state index contributed by atoms with van der Waals surface area (Å²) in [6.07, 6.45) is 7.48. The van der Waals surface area contributed by atoms with Gasteiger partial charge in [-0.15, -0.1) is 20.5 Å². The number of aromatic amines is 1. The largest absolute Gasteiger partial charge is 0.487 e. The lowest BCUT2D eigenvalue weighted by atomic mass is 10.0. The van der Waals surface area contributed by atoms with E-state index in [0.717, 1.165) is 41.9 Å². The summed E-state index contributed by atoms with van der Waals surface area (Å²) in [5.74, 6) is -0.00865. The number of H-pyrrole nitrogens is 1. The van der Waals surface area contributed by atoms with E-state index in [2.05, 4.69) is 35.9 Å². The fraction of sp³-hybridized carbons (Fsp3) is 0.314. The number of hydrogen-bond donors (Lipinski definition) is 4. The van der Waals surface area contributed by atoms with E-state index in [4.69, 9.17) is 11.6 Å². The molecule has 1 saturated heterocycles. The lowest BCUT2D eigenvalue weighted by Gasteiger charge is -2.29. The summed E-state index contributed by atoms with van der Waals surface area (Å²) in [5.41, 5.74) is -0.291. The van der Waals surface area contributed by atoms with Crippen molar-refractivity contribution in [1.82, 2.24) is 25.4 Å². The second kappa shape index (κ2) is 15.9. The highest BCUT2D eigenvalue weighted by Gasteiger charge is 2.39. The number of hydrogen-bond acceptors (Lipinski definition) is 9. The number of thioether (sulfide) groups is 1. The average molecular weight is 738 g/mol. The normalized spacial score (nSPS) is 15.8. The van der Waals surface area contributed by atoms with E-state index >= 15 is 0 Å². The summed E-state index contributed by atoms with van der Waals surface area (Å²) in [7, 11) is 0. The second-order valence-electron chi connectivity index (χ2n) is 12.0. The number of carbonyl (C=O) groups is 4. The van der Waals surface area contributed by atoms with Crippen LogP contribution in [-0.2, 0) is 16.1 Å². The van der Waals surface area contributed by atoms with Gasteiger partial charge in [-0.2, -0.15) is 5.10 Å². The van der Waals surface area contributed by atoms with Crippen LogP contribution in [0.3, 0.4) is 0 Å². The van der Waals surface area contributed by atoms with Gasteiger partial charge in [0.25, 0.3) is 11.8 Å². The molecular weight excluding hydrogens is 704 g/mol. The van der Waals surface area contributed by atoms with Gasteiger partial charge in [-0.25, -0.2) is 4.98 Å². The number of rotatable bonds is 15. The second-order valence-corrected chi connectivity index (χ2v) is 13.6. The molecule has 2 aliphatic heterocycles. The Kier molecular flexibility index (Phi) is 11.2. The molecule has 6 rings (SSSR count). The number of piperidine rings is 1. The molecule has 51 heavy (non-hydrogen) atoms. The number of halogens is 3. The third-order valence-electron chi connectivity index (χ3n) is 8.45. The van der Waals surface area contributed by atoms with Crippen LogP contribution in [0.25, 0.3) is 11.3 Å². The number of alkyl halides is 3. The molecular formula is C35H34ClF2N7O5S. The number of carbonyl (C=O) groups excluding carboxylic acids is 4. The zero-order valence-corrected chi connectivity index (χ0v) is 28.8. The summed E-state index contributed by atoms with van der Waals surface area (Å²) in [5, 5.41) is 15.4. The molecule has 0 aliphatic carbocycles. The fourth-order valence-electron chi connectivity index (χ4n) is 5.95. The molecule has 4 heterocycles. The molecule has 1 unspecified atom stereocenters. The molecule has 0 radical (unpaired) electrons. The standard InChI is InChI=1S/C35H34ClF2N7O5S/c36-35(37,38)50-23-10-8-22(9-11-23)42-32(47)21-18-25(27-14-16-41-44-27)31(40-19-21)39-15-3-1-2-4-17-51-29-7-5-6-24-26(29)20-45(34(24)49)28-12-13-30(46)43-33(28)48/h5-11,14,16,18-19,28H,1-4,12-13,15,17,20H2,(H,39,40)(H,41,44)(H,42,47)(H,43,46,48). The fourth-order valence-corrected chi connectivity index (χ4v) is 7.13. The van der Waals surface area contributed by atoms with Gasteiger partial charge < -0.3 is 20.3 Å². The Morgan fingerprint density at radius 1 is 1.06 bits per heavy atom. The Morgan fingerprint density at radius 2 is 1.86 bits per heavy atom. The third kappa shape index (κ3) is 9.02. The van der Waals surface area contributed by atoms with Crippen LogP contribution in [0.5, 0.6) is 5.75 Å². The van der Waals surface area contributed by atoms with E-state index in [1.54, 1.807) is 41.1 Å². The maximum atomic E-state index is 13.1. The van der Waals surface area contributed by atoms with Crippen molar-refractivity contribution in [2.75, 3.05) is 22.9 Å². The van der Waals surface area contributed by atoms with Gasteiger partial charge in [0.05, 0.1) is 11.3 Å². The van der Waals surface area contributed by atoms with E-state index in [-0.39, 0.29) is 29.5 Å². The smallest absolute Gasteiger partial charge is 0.420 e. The SMILES string of the molecule is O=C1CCC(N2Cc3c(SCCCCCCNc4ncc(C(=O)Nc5ccc(OC(F)(F)Cl)cc5)cc4-c4ccn[nH]4)cccc3C2=O)C(=O)N1. The minimum atomic E-state index is -3.84. The molecule has 1 atom stereocenters. The number of benzene rings is 2. The van der Waals surface area contributed by atoms with E-state index in [9.17, 15) is 28.0 Å². The molecule has 1 fully saturated rings. The Labute approximate surface area is 301 Å². The Balaban J connectivity index is 0.961. The van der Waals surface area contributed by atoms with Gasteiger partial charge in [0.2, 0.25) is 11.8 Å². The zero-order chi connectivity index (χ0) is 36.0. The molecule has 266 valence electrons. The molecule has 12 nitrogen and oxygen atoms in total. The summed E-state index contributed by atoms with van der Waals surface area (Å²) >= 11 is 6.51. The Morgan fingerprint density at radius 3 is 2.61 bits per heavy atom. The topological polar surface area (TPSA) is 158 Å². The van der Waals surface area contributed by atoms with Crippen LogP contribution < -0.4 is 20.7 Å². The Bertz CT molecular complexity index is 1910. The van der Waals surface area contributed by atoms with Gasteiger partial charge in [0, 0.05) is 65.2 Å². The highest BCUT2D eigenvalue weighted by molar-refractivity contribution is 7.99. The highest BCUT2D eigenvalue weighted by atomic mass is 35.5. The number of aromatic nitrogens is 3. The van der Waals surface area contributed by atoms with E-state index in [1.807, 2.05) is 12.1 Å². The number of pyridine rings is 1. The molecule has 0 saturated carbocycles. The maximum absolute atomic E-state index is 13.1. The van der Waals surface area contributed by atoms with Crippen molar-refractivity contribution in [2.45, 2.75) is 61.6 Å². The quantitative estimate of drug-likeness (QED) is 0.0468. The van der Waals surface area contributed by atoms with Crippen molar-refractivity contribution in [3.8, 4) is 17.0 Å². The molecule has 4 aromatic rings. The predicted molar refractivity (Wildman–Crippen MR) is 188 cm³/mol. The number of ether oxygens (including phenoxy) is 1.